The van der Waals surface area contributed by atoms with Gasteiger partial charge in [0.05, 0.1) is 17.5 Å². The van der Waals surface area contributed by atoms with Crippen LogP contribution in [0.1, 0.15) is 51.9 Å². The molecule has 2 N–H and O–H groups in total. The number of amides is 2. The van der Waals surface area contributed by atoms with E-state index in [1.165, 1.54) is 31.4 Å². The molecule has 5 nitrogen and oxygen atoms in total. The first-order chi connectivity index (χ1) is 12.9. The molecule has 0 atom stereocenters. The van der Waals surface area contributed by atoms with E-state index >= 15 is 0 Å². The number of hydrogen-bond donors (Lipinski definition) is 2. The molecule has 6 heteroatoms. The van der Waals surface area contributed by atoms with Crippen LogP contribution in [0.2, 0.25) is 0 Å². The van der Waals surface area contributed by atoms with Crippen LogP contribution in [-0.4, -0.2) is 17.5 Å². The van der Waals surface area contributed by atoms with E-state index in [0.717, 1.165) is 19.3 Å². The van der Waals surface area contributed by atoms with Gasteiger partial charge in [-0.05, 0) is 75.3 Å². The van der Waals surface area contributed by atoms with Crippen molar-refractivity contribution in [2.24, 2.45) is 28.3 Å². The van der Waals surface area contributed by atoms with E-state index in [9.17, 15) is 14.0 Å². The zero-order valence-corrected chi connectivity index (χ0v) is 15.6. The molecular weight excluding hydrogens is 345 g/mol. The van der Waals surface area contributed by atoms with Crippen LogP contribution in [0, 0.1) is 29.0 Å². The van der Waals surface area contributed by atoms with Crippen LogP contribution >= 0.6 is 0 Å². The Labute approximate surface area is 158 Å². The first kappa shape index (κ1) is 18.1. The van der Waals surface area contributed by atoms with Crippen molar-refractivity contribution in [2.45, 2.75) is 51.9 Å². The third-order valence-corrected chi connectivity index (χ3v) is 6.43. The highest BCUT2D eigenvalue weighted by molar-refractivity contribution is 6.05. The zero-order chi connectivity index (χ0) is 19.0. The summed E-state index contributed by atoms with van der Waals surface area (Å²) in [6, 6.07) is 6.03. The number of para-hydroxylation sites is 1. The lowest BCUT2D eigenvalue weighted by molar-refractivity contribution is -0.146. The Hall–Kier alpha value is -2.24. The third kappa shape index (κ3) is 3.75. The van der Waals surface area contributed by atoms with Crippen molar-refractivity contribution in [3.8, 4) is 0 Å². The molecular formula is C21H26FN3O2. The summed E-state index contributed by atoms with van der Waals surface area (Å²) in [4.78, 5) is 24.9. The molecule has 27 heavy (non-hydrogen) atoms. The van der Waals surface area contributed by atoms with Gasteiger partial charge in [0, 0.05) is 5.71 Å². The highest BCUT2D eigenvalue weighted by atomic mass is 19.1. The van der Waals surface area contributed by atoms with Crippen molar-refractivity contribution in [2.75, 3.05) is 5.32 Å². The number of hydrogen-bond acceptors (Lipinski definition) is 3. The maximum Gasteiger partial charge on any atom is 0.246 e. The molecule has 144 valence electrons. The lowest BCUT2D eigenvalue weighted by Gasteiger charge is -2.55. The molecule has 0 heterocycles. The number of rotatable bonds is 5. The zero-order valence-electron chi connectivity index (χ0n) is 15.6. The molecule has 4 aliphatic carbocycles. The topological polar surface area (TPSA) is 70.6 Å². The maximum atomic E-state index is 13.6. The van der Waals surface area contributed by atoms with Gasteiger partial charge >= 0.3 is 0 Å². The number of hydrazone groups is 1. The number of nitrogens with one attached hydrogen (secondary N) is 2. The highest BCUT2D eigenvalue weighted by Gasteiger charge is 2.54. The average Bonchev–Trinajstić information content (AvgIpc) is 2.60. The Morgan fingerprint density at radius 2 is 1.70 bits per heavy atom. The summed E-state index contributed by atoms with van der Waals surface area (Å²) in [5.74, 6) is 1.26. The lowest BCUT2D eigenvalue weighted by atomic mass is 9.49. The Morgan fingerprint density at radius 1 is 1.11 bits per heavy atom. The third-order valence-electron chi connectivity index (χ3n) is 6.43. The molecule has 0 aliphatic heterocycles. The van der Waals surface area contributed by atoms with Gasteiger partial charge in [0.1, 0.15) is 5.82 Å². The summed E-state index contributed by atoms with van der Waals surface area (Å²) in [7, 11) is 0. The SMILES string of the molecule is C/C(CC(=O)Nc1ccccc1F)=N\NC(=O)C12CC3CC(CC(C3)C1)C2. The van der Waals surface area contributed by atoms with Gasteiger partial charge in [-0.15, -0.1) is 0 Å². The van der Waals surface area contributed by atoms with Crippen molar-refractivity contribution in [3.05, 3.63) is 30.1 Å². The van der Waals surface area contributed by atoms with E-state index in [-0.39, 0.29) is 29.3 Å². The van der Waals surface area contributed by atoms with Crippen LogP contribution in [0.25, 0.3) is 0 Å². The van der Waals surface area contributed by atoms with Crippen molar-refractivity contribution in [3.63, 3.8) is 0 Å². The largest absolute Gasteiger partial charge is 0.323 e. The van der Waals surface area contributed by atoms with Gasteiger partial charge in [-0.1, -0.05) is 12.1 Å². The van der Waals surface area contributed by atoms with Gasteiger partial charge in [0.2, 0.25) is 11.8 Å². The van der Waals surface area contributed by atoms with E-state index in [1.807, 2.05) is 0 Å². The fourth-order valence-electron chi connectivity index (χ4n) is 5.68. The summed E-state index contributed by atoms with van der Waals surface area (Å²) in [5.41, 5.74) is 3.11. The summed E-state index contributed by atoms with van der Waals surface area (Å²) in [5, 5.41) is 6.68. The van der Waals surface area contributed by atoms with Crippen molar-refractivity contribution in [1.82, 2.24) is 5.43 Å². The molecule has 4 aliphatic rings. The molecule has 0 radical (unpaired) electrons. The summed E-state index contributed by atoms with van der Waals surface area (Å²) in [6.45, 7) is 1.70. The molecule has 0 saturated heterocycles. The number of halogens is 1. The second kappa shape index (κ2) is 7.06. The van der Waals surface area contributed by atoms with Gasteiger partial charge < -0.3 is 5.32 Å². The van der Waals surface area contributed by atoms with E-state index in [0.29, 0.717) is 23.5 Å². The molecule has 0 aromatic heterocycles. The minimum Gasteiger partial charge on any atom is -0.323 e. The van der Waals surface area contributed by atoms with Gasteiger partial charge in [0.25, 0.3) is 0 Å². The second-order valence-electron chi connectivity index (χ2n) is 8.69. The van der Waals surface area contributed by atoms with E-state index in [1.54, 1.807) is 19.1 Å². The Balaban J connectivity index is 1.33. The van der Waals surface area contributed by atoms with Crippen LogP contribution in [0.15, 0.2) is 29.4 Å². The number of nitrogens with zero attached hydrogens (tertiary/aromatic N) is 1. The smallest absolute Gasteiger partial charge is 0.246 e. The molecule has 1 aromatic carbocycles. The van der Waals surface area contributed by atoms with E-state index in [4.69, 9.17) is 0 Å². The van der Waals surface area contributed by atoms with E-state index < -0.39 is 5.82 Å². The lowest BCUT2D eigenvalue weighted by Crippen LogP contribution is -2.52. The molecule has 2 amide bonds. The van der Waals surface area contributed by atoms with Gasteiger partial charge in [-0.25, -0.2) is 9.82 Å². The predicted octanol–water partition coefficient (Wildman–Crippen LogP) is 3.86. The van der Waals surface area contributed by atoms with Crippen LogP contribution in [-0.2, 0) is 9.59 Å². The van der Waals surface area contributed by atoms with Crippen molar-refractivity contribution >= 4 is 23.2 Å². The normalized spacial score (nSPS) is 31.6. The number of carbonyl (C=O) groups is 2. The molecule has 5 rings (SSSR count). The van der Waals surface area contributed by atoms with Crippen LogP contribution < -0.4 is 10.7 Å². The molecule has 1 aromatic rings. The fourth-order valence-corrected chi connectivity index (χ4v) is 5.68. The Morgan fingerprint density at radius 3 is 2.30 bits per heavy atom. The summed E-state index contributed by atoms with van der Waals surface area (Å²) < 4.78 is 13.6. The predicted molar refractivity (Wildman–Crippen MR) is 102 cm³/mol. The molecule has 4 saturated carbocycles. The minimum absolute atomic E-state index is 0.00941. The molecule has 4 bridgehead atoms. The Bertz CT molecular complexity index is 754. The fraction of sp³-hybridized carbons (Fsp3) is 0.571. The van der Waals surface area contributed by atoms with Gasteiger partial charge in [0.15, 0.2) is 0 Å². The molecule has 0 spiro atoms. The summed E-state index contributed by atoms with van der Waals surface area (Å²) in [6.07, 6.45) is 6.80. The van der Waals surface area contributed by atoms with Gasteiger partial charge in [-0.2, -0.15) is 5.10 Å². The van der Waals surface area contributed by atoms with Crippen LogP contribution in [0.4, 0.5) is 10.1 Å². The standard InChI is InChI=1S/C21H26FN3O2/c1-13(6-19(26)23-18-5-3-2-4-17(18)22)24-25-20(27)21-10-14-7-15(11-21)9-16(8-14)12-21/h2-5,14-16H,6-12H2,1H3,(H,23,26)(H,25,27)/b24-13+. The number of benzene rings is 1. The summed E-state index contributed by atoms with van der Waals surface area (Å²) >= 11 is 0. The molecule has 0 unspecified atom stereocenters. The number of carbonyl (C=O) groups excluding carboxylic acids is 2. The van der Waals surface area contributed by atoms with Crippen LogP contribution in [0.3, 0.4) is 0 Å². The quantitative estimate of drug-likeness (QED) is 0.609. The molecule has 4 fully saturated rings. The van der Waals surface area contributed by atoms with Crippen molar-refractivity contribution in [1.29, 1.82) is 0 Å². The average molecular weight is 371 g/mol. The van der Waals surface area contributed by atoms with Crippen molar-refractivity contribution < 1.29 is 14.0 Å². The number of anilines is 1. The minimum atomic E-state index is -0.476. The first-order valence-electron chi connectivity index (χ1n) is 9.81. The first-order valence-corrected chi connectivity index (χ1v) is 9.81. The van der Waals surface area contributed by atoms with Gasteiger partial charge in [-0.3, -0.25) is 9.59 Å². The second-order valence-corrected chi connectivity index (χ2v) is 8.69. The van der Waals surface area contributed by atoms with Crippen LogP contribution in [0.5, 0.6) is 0 Å². The monoisotopic (exact) mass is 371 g/mol. The van der Waals surface area contributed by atoms with E-state index in [2.05, 4.69) is 15.8 Å². The Kier molecular flexibility index (Phi) is 4.74. The highest BCUT2D eigenvalue weighted by Crippen LogP contribution is 2.60. The maximum absolute atomic E-state index is 13.6.